The number of amides is 2. The van der Waals surface area contributed by atoms with Crippen LogP contribution < -0.4 is 10.6 Å². The van der Waals surface area contributed by atoms with Gasteiger partial charge in [0.15, 0.2) is 0 Å². The number of fused-ring (bicyclic) bond motifs is 1. The molecule has 0 spiro atoms. The average molecular weight is 418 g/mol. The second-order valence-electron chi connectivity index (χ2n) is 7.96. The number of benzene rings is 2. The van der Waals surface area contributed by atoms with Gasteiger partial charge in [-0.25, -0.2) is 4.98 Å². The Morgan fingerprint density at radius 1 is 0.900 bits per heavy atom. The van der Waals surface area contributed by atoms with Gasteiger partial charge in [0.2, 0.25) is 5.91 Å². The fourth-order valence-electron chi connectivity index (χ4n) is 3.42. The van der Waals surface area contributed by atoms with Gasteiger partial charge in [0.25, 0.3) is 5.91 Å². The Balaban J connectivity index is 1.50. The third kappa shape index (κ3) is 4.33. The maximum absolute atomic E-state index is 13.0. The molecule has 2 saturated carbocycles. The molecule has 6 heteroatoms. The number of pyridine rings is 1. The molecule has 2 amide bonds. The summed E-state index contributed by atoms with van der Waals surface area (Å²) in [7, 11) is 0. The van der Waals surface area contributed by atoms with E-state index >= 15 is 0 Å². The Kier molecular flexibility index (Phi) is 5.17. The standard InChI is InChI=1S/C24H23N3O2S/c28-23(25-16-10-11-16)19-14-21(27-20-9-5-4-8-18(19)20)30-22(15-6-2-1-3-7-15)24(29)26-17-12-13-17/h1-9,14,16-17,22H,10-13H2,(H,25,28)(H,26,29). The number of carbonyl (C=O) groups is 2. The predicted molar refractivity (Wildman–Crippen MR) is 118 cm³/mol. The zero-order valence-electron chi connectivity index (χ0n) is 16.5. The molecular weight excluding hydrogens is 394 g/mol. The van der Waals surface area contributed by atoms with Crippen LogP contribution in [0.1, 0.15) is 46.9 Å². The number of hydrogen-bond acceptors (Lipinski definition) is 4. The number of hydrogen-bond donors (Lipinski definition) is 2. The van der Waals surface area contributed by atoms with E-state index in [0.29, 0.717) is 10.6 Å². The van der Waals surface area contributed by atoms with Crippen LogP contribution >= 0.6 is 11.8 Å². The Labute approximate surface area is 179 Å². The molecule has 2 N–H and O–H groups in total. The lowest BCUT2D eigenvalue weighted by Crippen LogP contribution is -2.29. The highest BCUT2D eigenvalue weighted by Gasteiger charge is 2.30. The number of carbonyl (C=O) groups excluding carboxylic acids is 2. The van der Waals surface area contributed by atoms with Gasteiger partial charge in [-0.15, -0.1) is 0 Å². The lowest BCUT2D eigenvalue weighted by atomic mass is 10.1. The molecule has 2 fully saturated rings. The van der Waals surface area contributed by atoms with Crippen LogP contribution in [-0.2, 0) is 4.79 Å². The summed E-state index contributed by atoms with van der Waals surface area (Å²) in [6.45, 7) is 0. The molecule has 1 aromatic heterocycles. The van der Waals surface area contributed by atoms with E-state index in [1.807, 2.05) is 60.7 Å². The second kappa shape index (κ2) is 8.11. The molecule has 1 heterocycles. The van der Waals surface area contributed by atoms with Crippen LogP contribution in [0.4, 0.5) is 0 Å². The van der Waals surface area contributed by atoms with Crippen molar-refractivity contribution in [2.75, 3.05) is 0 Å². The smallest absolute Gasteiger partial charge is 0.252 e. The quantitative estimate of drug-likeness (QED) is 0.564. The van der Waals surface area contributed by atoms with Crippen molar-refractivity contribution >= 4 is 34.5 Å². The van der Waals surface area contributed by atoms with Crippen molar-refractivity contribution < 1.29 is 9.59 Å². The van der Waals surface area contributed by atoms with Crippen molar-refractivity contribution in [2.24, 2.45) is 0 Å². The summed E-state index contributed by atoms with van der Waals surface area (Å²) >= 11 is 1.40. The summed E-state index contributed by atoms with van der Waals surface area (Å²) in [6.07, 6.45) is 4.15. The van der Waals surface area contributed by atoms with E-state index in [0.717, 1.165) is 42.1 Å². The Morgan fingerprint density at radius 3 is 2.30 bits per heavy atom. The molecule has 0 saturated heterocycles. The van der Waals surface area contributed by atoms with Crippen molar-refractivity contribution in [3.05, 3.63) is 71.8 Å². The molecular formula is C24H23N3O2S. The number of aromatic nitrogens is 1. The first-order valence-corrected chi connectivity index (χ1v) is 11.3. The Morgan fingerprint density at radius 2 is 1.57 bits per heavy atom. The van der Waals surface area contributed by atoms with E-state index in [9.17, 15) is 9.59 Å². The predicted octanol–water partition coefficient (Wildman–Crippen LogP) is 4.24. The highest BCUT2D eigenvalue weighted by atomic mass is 32.2. The molecule has 30 heavy (non-hydrogen) atoms. The molecule has 2 aliphatic carbocycles. The van der Waals surface area contributed by atoms with Crippen molar-refractivity contribution in [2.45, 2.75) is 48.0 Å². The summed E-state index contributed by atoms with van der Waals surface area (Å²) in [4.78, 5) is 30.6. The maximum atomic E-state index is 13.0. The minimum Gasteiger partial charge on any atom is -0.352 e. The monoisotopic (exact) mass is 417 g/mol. The molecule has 0 aliphatic heterocycles. The van der Waals surface area contributed by atoms with Gasteiger partial charge in [0.05, 0.1) is 16.1 Å². The largest absolute Gasteiger partial charge is 0.352 e. The van der Waals surface area contributed by atoms with Crippen LogP contribution in [0.5, 0.6) is 0 Å². The van der Waals surface area contributed by atoms with E-state index in [-0.39, 0.29) is 23.9 Å². The zero-order chi connectivity index (χ0) is 20.5. The molecule has 0 radical (unpaired) electrons. The van der Waals surface area contributed by atoms with Crippen LogP contribution in [0.2, 0.25) is 0 Å². The summed E-state index contributed by atoms with van der Waals surface area (Å²) in [5.41, 5.74) is 2.31. The summed E-state index contributed by atoms with van der Waals surface area (Å²) in [5.74, 6) is -0.0794. The van der Waals surface area contributed by atoms with Crippen LogP contribution in [-0.4, -0.2) is 28.9 Å². The number of rotatable bonds is 7. The van der Waals surface area contributed by atoms with Crippen molar-refractivity contribution in [3.63, 3.8) is 0 Å². The average Bonchev–Trinajstić information content (AvgIpc) is 3.69. The van der Waals surface area contributed by atoms with Gasteiger partial charge in [0, 0.05) is 17.5 Å². The first-order valence-electron chi connectivity index (χ1n) is 10.4. The van der Waals surface area contributed by atoms with E-state index in [2.05, 4.69) is 10.6 Å². The van der Waals surface area contributed by atoms with Crippen molar-refractivity contribution in [3.8, 4) is 0 Å². The minimum absolute atomic E-state index is 0.00681. The van der Waals surface area contributed by atoms with Gasteiger partial charge in [-0.05, 0) is 43.4 Å². The fraction of sp³-hybridized carbons (Fsp3) is 0.292. The third-order valence-electron chi connectivity index (χ3n) is 5.35. The van der Waals surface area contributed by atoms with Gasteiger partial charge < -0.3 is 10.6 Å². The molecule has 0 bridgehead atoms. The first kappa shape index (κ1) is 19.1. The molecule has 5 rings (SSSR count). The SMILES string of the molecule is O=C(NC1CC1)c1cc(SC(C(=O)NC2CC2)c2ccccc2)nc2ccccc12. The number of nitrogens with one attached hydrogen (secondary N) is 2. The summed E-state index contributed by atoms with van der Waals surface area (Å²) in [5, 5.41) is 7.28. The highest BCUT2D eigenvalue weighted by Crippen LogP contribution is 2.37. The van der Waals surface area contributed by atoms with Gasteiger partial charge >= 0.3 is 0 Å². The molecule has 2 aliphatic rings. The number of thioether (sulfide) groups is 1. The van der Waals surface area contributed by atoms with E-state index in [1.54, 1.807) is 0 Å². The molecule has 3 aromatic rings. The van der Waals surface area contributed by atoms with E-state index in [1.165, 1.54) is 11.8 Å². The van der Waals surface area contributed by atoms with Gasteiger partial charge in [-0.2, -0.15) is 0 Å². The van der Waals surface area contributed by atoms with Crippen molar-refractivity contribution in [1.82, 2.24) is 15.6 Å². The Hall–Kier alpha value is -2.86. The maximum Gasteiger partial charge on any atom is 0.252 e. The van der Waals surface area contributed by atoms with Crippen LogP contribution in [0.25, 0.3) is 10.9 Å². The molecule has 2 aromatic carbocycles. The van der Waals surface area contributed by atoms with Crippen LogP contribution in [0.15, 0.2) is 65.7 Å². The topological polar surface area (TPSA) is 71.1 Å². The third-order valence-corrected chi connectivity index (χ3v) is 6.53. The normalized spacial score (nSPS) is 16.8. The van der Waals surface area contributed by atoms with Gasteiger partial charge in [-0.3, -0.25) is 9.59 Å². The van der Waals surface area contributed by atoms with E-state index in [4.69, 9.17) is 4.98 Å². The van der Waals surface area contributed by atoms with E-state index < -0.39 is 5.25 Å². The van der Waals surface area contributed by atoms with Crippen molar-refractivity contribution in [1.29, 1.82) is 0 Å². The zero-order valence-corrected chi connectivity index (χ0v) is 17.3. The summed E-state index contributed by atoms with van der Waals surface area (Å²) < 4.78 is 0. The molecule has 5 nitrogen and oxygen atoms in total. The summed E-state index contributed by atoms with van der Waals surface area (Å²) in [6, 6.07) is 19.8. The fourth-order valence-corrected chi connectivity index (χ4v) is 4.46. The van der Waals surface area contributed by atoms with Gasteiger partial charge in [0.1, 0.15) is 5.25 Å². The second-order valence-corrected chi connectivity index (χ2v) is 9.09. The highest BCUT2D eigenvalue weighted by molar-refractivity contribution is 8.00. The first-order chi connectivity index (χ1) is 14.7. The Bertz CT molecular complexity index is 1090. The van der Waals surface area contributed by atoms with Crippen LogP contribution in [0, 0.1) is 0 Å². The molecule has 1 atom stereocenters. The van der Waals surface area contributed by atoms with Gasteiger partial charge in [-0.1, -0.05) is 60.3 Å². The molecule has 152 valence electrons. The molecule has 1 unspecified atom stereocenters. The lowest BCUT2D eigenvalue weighted by Gasteiger charge is -2.17. The number of para-hydroxylation sites is 1. The number of nitrogens with zero attached hydrogens (tertiary/aromatic N) is 1. The minimum atomic E-state index is -0.417. The van der Waals surface area contributed by atoms with Crippen LogP contribution in [0.3, 0.4) is 0 Å². The lowest BCUT2D eigenvalue weighted by molar-refractivity contribution is -0.120.